The molecule has 5 fully saturated rings. The maximum atomic E-state index is 15.4. The van der Waals surface area contributed by atoms with Gasteiger partial charge in [0, 0.05) is 29.3 Å². The lowest BCUT2D eigenvalue weighted by molar-refractivity contribution is -0.145. The number of nitrogens with one attached hydrogen (secondary N) is 2. The van der Waals surface area contributed by atoms with Crippen molar-refractivity contribution in [1.82, 2.24) is 24.8 Å². The number of carboxylic acid groups (broad SMARTS) is 1. The Balaban J connectivity index is 1.09. The number of nitrogens with zero attached hydrogens (tertiary/aromatic N) is 3. The van der Waals surface area contributed by atoms with Crippen LogP contribution < -0.4 is 19.5 Å². The van der Waals surface area contributed by atoms with Crippen LogP contribution in [0.5, 0.6) is 11.6 Å². The lowest BCUT2D eigenvalue weighted by Crippen LogP contribution is -2.61. The minimum atomic E-state index is -3.93. The number of ether oxygens (including phenoxy) is 2. The van der Waals surface area contributed by atoms with Crippen molar-refractivity contribution in [2.24, 2.45) is 29.6 Å². The quantitative estimate of drug-likeness (QED) is 0.219. The highest BCUT2D eigenvalue weighted by Crippen LogP contribution is 2.54. The van der Waals surface area contributed by atoms with Crippen molar-refractivity contribution >= 4 is 44.6 Å². The summed E-state index contributed by atoms with van der Waals surface area (Å²) in [5.41, 5.74) is -0.0365. The Morgan fingerprint density at radius 3 is 2.44 bits per heavy atom. The molecule has 0 bridgehead atoms. The average molecular weight is 854 g/mol. The number of carbonyl (C=O) groups excluding carboxylic acids is 3. The normalized spacial score (nSPS) is 32.9. The number of amides is 4. The van der Waals surface area contributed by atoms with Crippen molar-refractivity contribution in [3.63, 3.8) is 0 Å². The lowest BCUT2D eigenvalue weighted by atomic mass is 9.86. The molecule has 324 valence electrons. The monoisotopic (exact) mass is 853 g/mol. The van der Waals surface area contributed by atoms with Crippen LogP contribution in [0.1, 0.15) is 78.1 Å². The predicted octanol–water partition coefficient (Wildman–Crippen LogP) is 5.90. The van der Waals surface area contributed by atoms with Gasteiger partial charge in [-0.25, -0.2) is 18.2 Å². The second kappa shape index (κ2) is 15.9. The van der Waals surface area contributed by atoms with E-state index in [1.54, 1.807) is 7.11 Å². The SMILES string of the molecule is COc1ccc2c(O[C@@H]3C[C@H]4C(=O)N[C@]5(C(=O)NS(=O)(=O)C6CC6)C[C@H]5/C=C\CC[C@@H](C)C[C@@H](C)[C@H](N(C(=O)O)C5CC6C[C@H]6C5)C(=O)N4C3)nc(-c3ccccc3)cc2c1. The van der Waals surface area contributed by atoms with E-state index < -0.39 is 68.7 Å². The van der Waals surface area contributed by atoms with E-state index in [9.17, 15) is 27.9 Å². The number of aromatic nitrogens is 1. The molecular weight excluding hydrogens is 799 g/mol. The van der Waals surface area contributed by atoms with Gasteiger partial charge in [0.25, 0.3) is 5.91 Å². The van der Waals surface area contributed by atoms with Crippen molar-refractivity contribution < 1.29 is 42.2 Å². The molecule has 3 aromatic rings. The minimum absolute atomic E-state index is 0.0171. The molecule has 1 saturated heterocycles. The number of allylic oxidation sites excluding steroid dienone is 1. The third kappa shape index (κ3) is 8.17. The third-order valence-electron chi connectivity index (χ3n) is 14.1. The number of pyridine rings is 1. The van der Waals surface area contributed by atoms with Gasteiger partial charge in [-0.05, 0) is 111 Å². The van der Waals surface area contributed by atoms with E-state index in [1.807, 2.05) is 73.7 Å². The Labute approximate surface area is 356 Å². The van der Waals surface area contributed by atoms with Crippen molar-refractivity contribution in [3.8, 4) is 22.9 Å². The average Bonchev–Trinajstić information content (AvgIpc) is 4.20. The molecule has 1 aromatic heterocycles. The van der Waals surface area contributed by atoms with Crippen LogP contribution >= 0.6 is 0 Å². The number of methoxy groups -OCH3 is 1. The molecule has 2 aliphatic heterocycles. The highest BCUT2D eigenvalue weighted by atomic mass is 32.2. The van der Waals surface area contributed by atoms with Crippen LogP contribution in [0.4, 0.5) is 4.79 Å². The highest BCUT2D eigenvalue weighted by molar-refractivity contribution is 7.91. The van der Waals surface area contributed by atoms with Gasteiger partial charge in [-0.3, -0.25) is 24.0 Å². The molecule has 4 aliphatic carbocycles. The van der Waals surface area contributed by atoms with E-state index in [0.717, 1.165) is 23.8 Å². The van der Waals surface area contributed by atoms with Crippen LogP contribution in [0, 0.1) is 29.6 Å². The summed E-state index contributed by atoms with van der Waals surface area (Å²) in [5.74, 6) is -0.762. The Hall–Kier alpha value is -5.18. The first-order valence-corrected chi connectivity index (χ1v) is 23.4. The first kappa shape index (κ1) is 41.2. The second-order valence-corrected chi connectivity index (χ2v) is 20.5. The molecule has 9 rings (SSSR count). The molecule has 10 atom stereocenters. The van der Waals surface area contributed by atoms with Gasteiger partial charge in [0.1, 0.15) is 29.5 Å². The molecule has 4 amide bonds. The van der Waals surface area contributed by atoms with E-state index in [-0.39, 0.29) is 37.3 Å². The van der Waals surface area contributed by atoms with Crippen LogP contribution in [0.15, 0.2) is 66.7 Å². The van der Waals surface area contributed by atoms with E-state index in [4.69, 9.17) is 14.5 Å². The van der Waals surface area contributed by atoms with E-state index in [0.29, 0.717) is 73.1 Å². The standard InChI is InChI=1S/C46H55N5O9S/c1-26-9-7-8-12-32-24-46(32,44(54)49-61(57,58)36-14-15-36)48-41(52)39-23-35(25-50(39)43(53)40(27(2)17-26)51(45(55)56)33-19-29-18-30(29)20-33)60-42-37-16-13-34(59-3)21-31(37)22-38(47-42)28-10-5-4-6-11-28/h4-6,8,10-13,16,21-22,26-27,29-30,32-33,35-36,39-40H,7,9,14-15,17-20,23-25H2,1-3H3,(H,48,52)(H,49,54)(H,55,56)/b12-8-/t26-,27-,29+,30?,32-,33?,35-,39+,40+,46-/m1/s1. The zero-order valence-electron chi connectivity index (χ0n) is 34.9. The van der Waals surface area contributed by atoms with Crippen molar-refractivity contribution in [3.05, 3.63) is 66.7 Å². The summed E-state index contributed by atoms with van der Waals surface area (Å²) in [4.78, 5) is 65.4. The smallest absolute Gasteiger partial charge is 0.408 e. The van der Waals surface area contributed by atoms with E-state index >= 15 is 4.79 Å². The Bertz CT molecular complexity index is 2360. The summed E-state index contributed by atoms with van der Waals surface area (Å²) >= 11 is 0. The number of fused-ring (bicyclic) bond motifs is 4. The second-order valence-electron chi connectivity index (χ2n) is 18.5. The van der Waals surface area contributed by atoms with Gasteiger partial charge in [0.05, 0.1) is 24.6 Å². The summed E-state index contributed by atoms with van der Waals surface area (Å²) in [6.07, 6.45) is 7.57. The number of hydrogen-bond donors (Lipinski definition) is 3. The van der Waals surface area contributed by atoms with E-state index in [2.05, 4.69) is 17.0 Å². The fraction of sp³-hybridized carbons (Fsp3) is 0.543. The molecule has 14 nitrogen and oxygen atoms in total. The number of hydrogen-bond acceptors (Lipinski definition) is 9. The number of benzene rings is 2. The number of sulfonamides is 1. The molecule has 4 saturated carbocycles. The fourth-order valence-corrected chi connectivity index (χ4v) is 11.8. The molecule has 15 heteroatoms. The number of carbonyl (C=O) groups is 4. The molecule has 0 spiro atoms. The topological polar surface area (TPSA) is 185 Å². The molecule has 3 heterocycles. The van der Waals surface area contributed by atoms with Crippen molar-refractivity contribution in [2.75, 3.05) is 13.7 Å². The summed E-state index contributed by atoms with van der Waals surface area (Å²) < 4.78 is 40.6. The first-order chi connectivity index (χ1) is 29.2. The largest absolute Gasteiger partial charge is 0.497 e. The molecule has 2 unspecified atom stereocenters. The maximum Gasteiger partial charge on any atom is 0.408 e. The van der Waals surface area contributed by atoms with Crippen LogP contribution in [0.3, 0.4) is 0 Å². The van der Waals surface area contributed by atoms with Crippen molar-refractivity contribution in [2.45, 2.75) is 113 Å². The van der Waals surface area contributed by atoms with Gasteiger partial charge in [0.2, 0.25) is 27.7 Å². The fourth-order valence-electron chi connectivity index (χ4n) is 10.4. The van der Waals surface area contributed by atoms with Crippen LogP contribution in [-0.2, 0) is 24.4 Å². The highest BCUT2D eigenvalue weighted by Gasteiger charge is 2.62. The summed E-state index contributed by atoms with van der Waals surface area (Å²) in [6, 6.07) is 14.6. The molecule has 61 heavy (non-hydrogen) atoms. The van der Waals surface area contributed by atoms with Gasteiger partial charge >= 0.3 is 6.09 Å². The number of rotatable bonds is 9. The molecular formula is C46H55N5O9S. The zero-order valence-corrected chi connectivity index (χ0v) is 35.7. The molecule has 0 radical (unpaired) electrons. The Morgan fingerprint density at radius 2 is 1.74 bits per heavy atom. The molecule has 6 aliphatic rings. The Morgan fingerprint density at radius 1 is 0.984 bits per heavy atom. The van der Waals surface area contributed by atoms with Gasteiger partial charge in [-0.15, -0.1) is 0 Å². The first-order valence-electron chi connectivity index (χ1n) is 21.8. The van der Waals surface area contributed by atoms with Crippen LogP contribution in [0.25, 0.3) is 22.0 Å². The van der Waals surface area contributed by atoms with Crippen LogP contribution in [-0.4, -0.2) is 101 Å². The van der Waals surface area contributed by atoms with Gasteiger partial charge in [0.15, 0.2) is 0 Å². The summed E-state index contributed by atoms with van der Waals surface area (Å²) in [5, 5.41) is 14.7. The molecule has 3 N–H and O–H groups in total. The summed E-state index contributed by atoms with van der Waals surface area (Å²) in [7, 11) is -2.34. The molecule has 2 aromatic carbocycles. The third-order valence-corrected chi connectivity index (χ3v) is 15.9. The van der Waals surface area contributed by atoms with Crippen molar-refractivity contribution in [1.29, 1.82) is 0 Å². The van der Waals surface area contributed by atoms with E-state index in [1.165, 1.54) is 9.80 Å². The minimum Gasteiger partial charge on any atom is -0.497 e. The summed E-state index contributed by atoms with van der Waals surface area (Å²) in [6.45, 7) is 3.99. The zero-order chi connectivity index (χ0) is 42.8. The predicted molar refractivity (Wildman–Crippen MR) is 227 cm³/mol. The van der Waals surface area contributed by atoms with Crippen LogP contribution in [0.2, 0.25) is 0 Å². The van der Waals surface area contributed by atoms with Gasteiger partial charge < -0.3 is 24.8 Å². The lowest BCUT2D eigenvalue weighted by Gasteiger charge is -2.40. The van der Waals surface area contributed by atoms with Gasteiger partial charge in [-0.1, -0.05) is 56.3 Å². The van der Waals surface area contributed by atoms with Gasteiger partial charge in [-0.2, -0.15) is 0 Å². The maximum absolute atomic E-state index is 15.4. The Kier molecular flexibility index (Phi) is 10.8.